The molecule has 8 heteroatoms. The van der Waals surface area contributed by atoms with Gasteiger partial charge >= 0.3 is 0 Å². The van der Waals surface area contributed by atoms with Crippen molar-refractivity contribution >= 4 is 28.0 Å². The molecule has 3 heterocycles. The van der Waals surface area contributed by atoms with E-state index in [0.29, 0.717) is 40.2 Å². The number of hydrogen-bond acceptors (Lipinski definition) is 7. The Balaban J connectivity index is 1.96. The zero-order valence-electron chi connectivity index (χ0n) is 16.4. The SMILES string of the molecule is COc1cc2c(cc1C(C(C)=O)=C(C)N)ncc1nnc(Cc3ccncc3)n12. The zero-order valence-corrected chi connectivity index (χ0v) is 16.4. The molecular weight excluding hydrogens is 368 g/mol. The molecule has 0 fully saturated rings. The van der Waals surface area contributed by atoms with Gasteiger partial charge in [0.25, 0.3) is 0 Å². The standard InChI is InChI=1S/C21H20N6O2/c1-12(22)21(13(2)28)15-9-16-17(10-18(15)29-3)27-19(25-26-20(27)11-24-16)8-14-4-6-23-7-5-14/h4-7,9-11H,8,22H2,1-3H3. The van der Waals surface area contributed by atoms with Crippen LogP contribution in [0.25, 0.3) is 22.3 Å². The van der Waals surface area contributed by atoms with Gasteiger partial charge in [0.1, 0.15) is 11.6 Å². The highest BCUT2D eigenvalue weighted by Crippen LogP contribution is 2.32. The number of methoxy groups -OCH3 is 1. The van der Waals surface area contributed by atoms with Crippen LogP contribution in [0.4, 0.5) is 0 Å². The average Bonchev–Trinajstić information content (AvgIpc) is 3.11. The molecule has 0 radical (unpaired) electrons. The van der Waals surface area contributed by atoms with Crippen molar-refractivity contribution in [2.75, 3.05) is 7.11 Å². The van der Waals surface area contributed by atoms with Gasteiger partial charge in [-0.1, -0.05) is 0 Å². The summed E-state index contributed by atoms with van der Waals surface area (Å²) < 4.78 is 7.53. The van der Waals surface area contributed by atoms with Crippen molar-refractivity contribution in [1.82, 2.24) is 24.6 Å². The molecular formula is C21H20N6O2. The second-order valence-electron chi connectivity index (χ2n) is 6.76. The summed E-state index contributed by atoms with van der Waals surface area (Å²) in [5, 5.41) is 8.58. The number of rotatable bonds is 5. The van der Waals surface area contributed by atoms with Crippen molar-refractivity contribution < 1.29 is 9.53 Å². The number of allylic oxidation sites excluding steroid dienone is 2. The molecule has 4 rings (SSSR count). The maximum atomic E-state index is 12.2. The highest BCUT2D eigenvalue weighted by Gasteiger charge is 2.19. The van der Waals surface area contributed by atoms with Crippen LogP contribution in [0.3, 0.4) is 0 Å². The summed E-state index contributed by atoms with van der Waals surface area (Å²) in [6.07, 6.45) is 5.75. The van der Waals surface area contributed by atoms with Crippen LogP contribution in [0.15, 0.2) is 48.6 Å². The molecule has 0 aliphatic carbocycles. The van der Waals surface area contributed by atoms with E-state index >= 15 is 0 Å². The molecule has 8 nitrogen and oxygen atoms in total. The van der Waals surface area contributed by atoms with Crippen LogP contribution in [0, 0.1) is 0 Å². The van der Waals surface area contributed by atoms with Crippen LogP contribution >= 0.6 is 0 Å². The van der Waals surface area contributed by atoms with Crippen LogP contribution in [-0.2, 0) is 11.2 Å². The normalized spacial score (nSPS) is 12.2. The van der Waals surface area contributed by atoms with Crippen molar-refractivity contribution in [3.63, 3.8) is 0 Å². The van der Waals surface area contributed by atoms with Gasteiger partial charge in [-0.05, 0) is 37.6 Å². The van der Waals surface area contributed by atoms with Gasteiger partial charge < -0.3 is 10.5 Å². The number of Topliss-reactive ketones (excluding diaryl/α,β-unsaturated/α-hetero) is 1. The van der Waals surface area contributed by atoms with Crippen molar-refractivity contribution in [3.8, 4) is 5.75 Å². The molecule has 0 saturated heterocycles. The number of carbonyl (C=O) groups is 1. The Bertz CT molecular complexity index is 1260. The molecule has 2 N–H and O–H groups in total. The molecule has 0 aliphatic heterocycles. The molecule has 0 unspecified atom stereocenters. The van der Waals surface area contributed by atoms with E-state index in [9.17, 15) is 4.79 Å². The van der Waals surface area contributed by atoms with Crippen LogP contribution in [0.5, 0.6) is 5.75 Å². The lowest BCUT2D eigenvalue weighted by molar-refractivity contribution is -0.111. The third kappa shape index (κ3) is 3.29. The van der Waals surface area contributed by atoms with E-state index in [4.69, 9.17) is 10.5 Å². The van der Waals surface area contributed by atoms with E-state index in [-0.39, 0.29) is 5.78 Å². The first kappa shape index (κ1) is 18.5. The molecule has 0 aliphatic rings. The molecule has 3 aromatic heterocycles. The minimum atomic E-state index is -0.133. The van der Waals surface area contributed by atoms with Crippen molar-refractivity contribution in [3.05, 3.63) is 65.5 Å². The summed E-state index contributed by atoms with van der Waals surface area (Å²) in [4.78, 5) is 20.7. The van der Waals surface area contributed by atoms with E-state index in [2.05, 4.69) is 20.2 Å². The first-order chi connectivity index (χ1) is 14.0. The molecule has 0 atom stereocenters. The quantitative estimate of drug-likeness (QED) is 0.523. The summed E-state index contributed by atoms with van der Waals surface area (Å²) in [6, 6.07) is 7.54. The van der Waals surface area contributed by atoms with Crippen molar-refractivity contribution in [2.24, 2.45) is 5.73 Å². The number of hydrogen-bond donors (Lipinski definition) is 1. The molecule has 0 amide bonds. The largest absolute Gasteiger partial charge is 0.496 e. The second-order valence-corrected chi connectivity index (χ2v) is 6.76. The van der Waals surface area contributed by atoms with Crippen LogP contribution in [0.2, 0.25) is 0 Å². The Morgan fingerprint density at radius 2 is 1.93 bits per heavy atom. The number of aromatic nitrogens is 5. The maximum absolute atomic E-state index is 12.2. The lowest BCUT2D eigenvalue weighted by atomic mass is 9.99. The highest BCUT2D eigenvalue weighted by molar-refractivity contribution is 6.21. The summed E-state index contributed by atoms with van der Waals surface area (Å²) in [5.41, 5.74) is 10.6. The van der Waals surface area contributed by atoms with Crippen LogP contribution in [0.1, 0.15) is 30.8 Å². The van der Waals surface area contributed by atoms with Gasteiger partial charge in [-0.15, -0.1) is 10.2 Å². The van der Waals surface area contributed by atoms with Crippen LogP contribution < -0.4 is 10.5 Å². The van der Waals surface area contributed by atoms with E-state index in [0.717, 1.165) is 16.9 Å². The topological polar surface area (TPSA) is 108 Å². The van der Waals surface area contributed by atoms with E-state index in [1.54, 1.807) is 32.6 Å². The first-order valence-electron chi connectivity index (χ1n) is 9.07. The molecule has 4 aromatic rings. The highest BCUT2D eigenvalue weighted by atomic mass is 16.5. The van der Waals surface area contributed by atoms with Gasteiger partial charge in [-0.3, -0.25) is 19.2 Å². The predicted molar refractivity (Wildman–Crippen MR) is 109 cm³/mol. The summed E-state index contributed by atoms with van der Waals surface area (Å²) in [6.45, 7) is 3.18. The third-order valence-corrected chi connectivity index (χ3v) is 4.74. The number of pyridine rings is 1. The minimum Gasteiger partial charge on any atom is -0.496 e. The molecule has 0 spiro atoms. The summed E-state index contributed by atoms with van der Waals surface area (Å²) in [7, 11) is 1.56. The van der Waals surface area contributed by atoms with Crippen LogP contribution in [-0.4, -0.2) is 37.5 Å². The zero-order chi connectivity index (χ0) is 20.5. The molecule has 29 heavy (non-hydrogen) atoms. The molecule has 1 aromatic carbocycles. The van der Waals surface area contributed by atoms with E-state index in [1.165, 1.54) is 6.92 Å². The smallest absolute Gasteiger partial charge is 0.179 e. The number of nitrogens with zero attached hydrogens (tertiary/aromatic N) is 5. The van der Waals surface area contributed by atoms with Gasteiger partial charge in [-0.25, -0.2) is 0 Å². The molecule has 0 saturated carbocycles. The molecule has 0 bridgehead atoms. The van der Waals surface area contributed by atoms with Gasteiger partial charge in [0.15, 0.2) is 11.4 Å². The third-order valence-electron chi connectivity index (χ3n) is 4.74. The fraction of sp³-hybridized carbons (Fsp3) is 0.190. The van der Waals surface area contributed by atoms with Gasteiger partial charge in [0.2, 0.25) is 0 Å². The Morgan fingerprint density at radius 1 is 1.17 bits per heavy atom. The van der Waals surface area contributed by atoms with Gasteiger partial charge in [0.05, 0.1) is 24.3 Å². The number of fused-ring (bicyclic) bond motifs is 3. The average molecular weight is 388 g/mol. The Hall–Kier alpha value is -3.81. The lowest BCUT2D eigenvalue weighted by Gasteiger charge is -2.14. The fourth-order valence-corrected chi connectivity index (χ4v) is 3.49. The predicted octanol–water partition coefficient (Wildman–Crippen LogP) is 2.55. The number of ether oxygens (including phenoxy) is 1. The minimum absolute atomic E-state index is 0.133. The molecule has 146 valence electrons. The number of ketones is 1. The Morgan fingerprint density at radius 3 is 2.59 bits per heavy atom. The second kappa shape index (κ2) is 7.31. The number of benzene rings is 1. The Labute approximate surface area is 167 Å². The van der Waals surface area contributed by atoms with Gasteiger partial charge in [-0.2, -0.15) is 0 Å². The Kier molecular flexibility index (Phi) is 4.67. The maximum Gasteiger partial charge on any atom is 0.179 e. The number of carbonyl (C=O) groups excluding carboxylic acids is 1. The van der Waals surface area contributed by atoms with Gasteiger partial charge in [0, 0.05) is 41.7 Å². The monoisotopic (exact) mass is 388 g/mol. The van der Waals surface area contributed by atoms with E-state index in [1.807, 2.05) is 28.7 Å². The number of nitrogens with two attached hydrogens (primary N) is 1. The van der Waals surface area contributed by atoms with Crippen molar-refractivity contribution in [1.29, 1.82) is 0 Å². The fourth-order valence-electron chi connectivity index (χ4n) is 3.49. The lowest BCUT2D eigenvalue weighted by Crippen LogP contribution is -2.07. The first-order valence-corrected chi connectivity index (χ1v) is 9.07. The van der Waals surface area contributed by atoms with Crippen molar-refractivity contribution in [2.45, 2.75) is 20.3 Å². The summed E-state index contributed by atoms with van der Waals surface area (Å²) in [5.74, 6) is 1.17. The summed E-state index contributed by atoms with van der Waals surface area (Å²) >= 11 is 0. The van der Waals surface area contributed by atoms with E-state index < -0.39 is 0 Å².